The van der Waals surface area contributed by atoms with Gasteiger partial charge in [-0.15, -0.1) is 0 Å². The largest absolute Gasteiger partial charge is 0.491 e. The van der Waals surface area contributed by atoms with E-state index in [1.807, 2.05) is 0 Å². The molecule has 0 N–H and O–H groups in total. The number of carbonyl (C=O) groups is 2. The van der Waals surface area contributed by atoms with Gasteiger partial charge in [-0.3, -0.25) is 9.59 Å². The van der Waals surface area contributed by atoms with Gasteiger partial charge in [0.05, 0.1) is 13.0 Å². The predicted octanol–water partition coefficient (Wildman–Crippen LogP) is 2.17. The Morgan fingerprint density at radius 2 is 2.06 bits per heavy atom. The van der Waals surface area contributed by atoms with Crippen LogP contribution in [0.15, 0.2) is 18.2 Å². The van der Waals surface area contributed by atoms with Gasteiger partial charge in [-0.25, -0.2) is 4.39 Å². The molecule has 0 aliphatic rings. The number of benzene rings is 1. The van der Waals surface area contributed by atoms with Crippen molar-refractivity contribution in [1.82, 2.24) is 0 Å². The van der Waals surface area contributed by atoms with E-state index in [-0.39, 0.29) is 23.9 Å². The second-order valence-electron chi connectivity index (χ2n) is 3.88. The Kier molecular flexibility index (Phi) is 4.83. The van der Waals surface area contributed by atoms with E-state index in [4.69, 9.17) is 4.74 Å². The van der Waals surface area contributed by atoms with Gasteiger partial charge in [0, 0.05) is 18.8 Å². The van der Waals surface area contributed by atoms with Crippen molar-refractivity contribution in [2.75, 3.05) is 18.6 Å². The molecule has 1 amide bonds. The fourth-order valence-electron chi connectivity index (χ4n) is 1.45. The zero-order valence-corrected chi connectivity index (χ0v) is 10.7. The van der Waals surface area contributed by atoms with Crippen molar-refractivity contribution in [3.63, 3.8) is 0 Å². The molecular formula is C13H16FNO3. The fraction of sp³-hybridized carbons (Fsp3) is 0.385. The van der Waals surface area contributed by atoms with Gasteiger partial charge in [0.15, 0.2) is 11.6 Å². The van der Waals surface area contributed by atoms with Gasteiger partial charge in [-0.1, -0.05) is 0 Å². The van der Waals surface area contributed by atoms with Crippen LogP contribution in [0.1, 0.15) is 20.3 Å². The first-order valence-corrected chi connectivity index (χ1v) is 5.64. The zero-order valence-electron chi connectivity index (χ0n) is 10.7. The smallest absolute Gasteiger partial charge is 0.234 e. The summed E-state index contributed by atoms with van der Waals surface area (Å²) in [7, 11) is 1.50. The highest BCUT2D eigenvalue weighted by Crippen LogP contribution is 2.23. The summed E-state index contributed by atoms with van der Waals surface area (Å²) >= 11 is 0. The third-order valence-electron chi connectivity index (χ3n) is 2.38. The van der Waals surface area contributed by atoms with E-state index < -0.39 is 5.82 Å². The van der Waals surface area contributed by atoms with E-state index >= 15 is 0 Å². The monoisotopic (exact) mass is 253 g/mol. The minimum absolute atomic E-state index is 0.147. The van der Waals surface area contributed by atoms with Gasteiger partial charge in [-0.05, 0) is 26.0 Å². The number of hydrogen-bond donors (Lipinski definition) is 0. The number of ether oxygens (including phenoxy) is 1. The molecule has 0 radical (unpaired) electrons. The Balaban J connectivity index is 2.87. The average molecular weight is 253 g/mol. The summed E-state index contributed by atoms with van der Waals surface area (Å²) in [5.74, 6) is -0.977. The molecule has 0 saturated carbocycles. The lowest BCUT2D eigenvalue weighted by atomic mass is 10.2. The first kappa shape index (κ1) is 14.2. The van der Waals surface area contributed by atoms with E-state index in [2.05, 4.69) is 0 Å². The van der Waals surface area contributed by atoms with Crippen molar-refractivity contribution in [2.45, 2.75) is 20.3 Å². The maximum atomic E-state index is 13.6. The Labute approximate surface area is 105 Å². The van der Waals surface area contributed by atoms with Crippen LogP contribution in [-0.4, -0.2) is 25.3 Å². The summed E-state index contributed by atoms with van der Waals surface area (Å²) in [4.78, 5) is 23.7. The number of nitrogens with zero attached hydrogens (tertiary/aromatic N) is 1. The molecule has 0 saturated heterocycles. The maximum absolute atomic E-state index is 13.6. The molecule has 0 aromatic heterocycles. The number of halogens is 1. The topological polar surface area (TPSA) is 46.6 Å². The molecule has 0 atom stereocenters. The van der Waals surface area contributed by atoms with Crippen molar-refractivity contribution in [1.29, 1.82) is 0 Å². The molecule has 0 fully saturated rings. The highest BCUT2D eigenvalue weighted by Gasteiger charge is 2.14. The highest BCUT2D eigenvalue weighted by molar-refractivity contribution is 6.04. The molecule has 0 aliphatic carbocycles. The van der Waals surface area contributed by atoms with Gasteiger partial charge in [0.2, 0.25) is 5.91 Å². The predicted molar refractivity (Wildman–Crippen MR) is 66.3 cm³/mol. The van der Waals surface area contributed by atoms with Gasteiger partial charge in [-0.2, -0.15) is 0 Å². The summed E-state index contributed by atoms with van der Waals surface area (Å²) < 4.78 is 18.7. The minimum atomic E-state index is -0.531. The summed E-state index contributed by atoms with van der Waals surface area (Å²) in [5.41, 5.74) is 0.391. The number of rotatable bonds is 5. The van der Waals surface area contributed by atoms with Crippen LogP contribution in [0.5, 0.6) is 5.75 Å². The van der Waals surface area contributed by atoms with Crippen LogP contribution in [0.3, 0.4) is 0 Å². The lowest BCUT2D eigenvalue weighted by Gasteiger charge is -2.17. The van der Waals surface area contributed by atoms with Crippen LogP contribution in [0.2, 0.25) is 0 Å². The van der Waals surface area contributed by atoms with E-state index in [1.165, 1.54) is 31.0 Å². The molecule has 1 aromatic rings. The standard InChI is InChI=1S/C13H16FNO3/c1-4-18-12-6-5-10(8-11(12)14)15(3)13(17)7-9(2)16/h5-6,8H,4,7H2,1-3H3. The molecule has 4 nitrogen and oxygen atoms in total. The van der Waals surface area contributed by atoms with Crippen LogP contribution < -0.4 is 9.64 Å². The summed E-state index contributed by atoms with van der Waals surface area (Å²) in [6.07, 6.45) is -0.189. The zero-order chi connectivity index (χ0) is 13.7. The number of hydrogen-bond acceptors (Lipinski definition) is 3. The Hall–Kier alpha value is -1.91. The van der Waals surface area contributed by atoms with Gasteiger partial charge in [0.1, 0.15) is 5.78 Å². The van der Waals surface area contributed by atoms with E-state index in [0.29, 0.717) is 12.3 Å². The van der Waals surface area contributed by atoms with E-state index in [9.17, 15) is 14.0 Å². The Bertz CT molecular complexity index is 460. The number of Topliss-reactive ketones (excluding diaryl/α,β-unsaturated/α-hetero) is 1. The molecule has 98 valence electrons. The van der Waals surface area contributed by atoms with E-state index in [1.54, 1.807) is 13.0 Å². The summed E-state index contributed by atoms with van der Waals surface area (Å²) in [6, 6.07) is 4.25. The number of carbonyl (C=O) groups excluding carboxylic acids is 2. The molecule has 0 aliphatic heterocycles. The van der Waals surface area contributed by atoms with Crippen molar-refractivity contribution in [3.05, 3.63) is 24.0 Å². The van der Waals surface area contributed by atoms with Crippen LogP contribution >= 0.6 is 0 Å². The quantitative estimate of drug-likeness (QED) is 0.755. The molecule has 0 spiro atoms. The molecule has 1 aromatic carbocycles. The first-order chi connectivity index (χ1) is 8.45. The Morgan fingerprint density at radius 1 is 1.39 bits per heavy atom. The molecular weight excluding hydrogens is 237 g/mol. The SMILES string of the molecule is CCOc1ccc(N(C)C(=O)CC(C)=O)cc1F. The van der Waals surface area contributed by atoms with Gasteiger partial charge >= 0.3 is 0 Å². The van der Waals surface area contributed by atoms with Crippen molar-refractivity contribution >= 4 is 17.4 Å². The minimum Gasteiger partial charge on any atom is -0.491 e. The summed E-state index contributed by atoms with van der Waals surface area (Å²) in [6.45, 7) is 3.47. The average Bonchev–Trinajstić information content (AvgIpc) is 2.30. The fourth-order valence-corrected chi connectivity index (χ4v) is 1.45. The second kappa shape index (κ2) is 6.14. The van der Waals surface area contributed by atoms with Crippen molar-refractivity contribution in [3.8, 4) is 5.75 Å². The number of amides is 1. The molecule has 0 unspecified atom stereocenters. The highest BCUT2D eigenvalue weighted by atomic mass is 19.1. The van der Waals surface area contributed by atoms with E-state index in [0.717, 1.165) is 0 Å². The van der Waals surface area contributed by atoms with Crippen LogP contribution in [0.4, 0.5) is 10.1 Å². The van der Waals surface area contributed by atoms with Gasteiger partial charge in [0.25, 0.3) is 0 Å². The second-order valence-corrected chi connectivity index (χ2v) is 3.88. The molecule has 5 heteroatoms. The van der Waals surface area contributed by atoms with Crippen LogP contribution in [0.25, 0.3) is 0 Å². The van der Waals surface area contributed by atoms with Crippen molar-refractivity contribution < 1.29 is 18.7 Å². The van der Waals surface area contributed by atoms with Crippen LogP contribution in [0, 0.1) is 5.82 Å². The normalized spacial score (nSPS) is 10.0. The maximum Gasteiger partial charge on any atom is 0.234 e. The number of anilines is 1. The lowest BCUT2D eigenvalue weighted by molar-refractivity contribution is -0.125. The summed E-state index contributed by atoms with van der Waals surface area (Å²) in [5, 5.41) is 0. The molecule has 18 heavy (non-hydrogen) atoms. The van der Waals surface area contributed by atoms with Crippen molar-refractivity contribution in [2.24, 2.45) is 0 Å². The molecule has 0 heterocycles. The third-order valence-corrected chi connectivity index (χ3v) is 2.38. The molecule has 0 bridgehead atoms. The Morgan fingerprint density at radius 3 is 2.56 bits per heavy atom. The number of ketones is 1. The first-order valence-electron chi connectivity index (χ1n) is 5.64. The lowest BCUT2D eigenvalue weighted by Crippen LogP contribution is -2.27. The molecule has 1 rings (SSSR count). The van der Waals surface area contributed by atoms with Gasteiger partial charge < -0.3 is 9.64 Å². The third kappa shape index (κ3) is 3.55. The van der Waals surface area contributed by atoms with Crippen LogP contribution in [-0.2, 0) is 9.59 Å².